The van der Waals surface area contributed by atoms with Crippen molar-refractivity contribution in [1.82, 2.24) is 21.3 Å². The number of hydrogen-bond donors (Lipinski definition) is 11. The van der Waals surface area contributed by atoms with Crippen molar-refractivity contribution in [2.24, 2.45) is 5.73 Å². The quantitative estimate of drug-likeness (QED) is 0.128. The summed E-state index contributed by atoms with van der Waals surface area (Å²) in [6, 6.07) is -4.13. The van der Waals surface area contributed by atoms with E-state index in [-0.39, 0.29) is 13.0 Å². The molecule has 23 nitrogen and oxygen atoms in total. The van der Waals surface area contributed by atoms with Gasteiger partial charge in [0.15, 0.2) is 12.6 Å². The van der Waals surface area contributed by atoms with Crippen molar-refractivity contribution in [3.8, 4) is 0 Å². The average Bonchev–Trinajstić information content (AvgIpc) is 3.11. The molecule has 0 aromatic rings. The van der Waals surface area contributed by atoms with Crippen molar-refractivity contribution in [3.63, 3.8) is 0 Å². The van der Waals surface area contributed by atoms with E-state index in [9.17, 15) is 49.8 Å². The van der Waals surface area contributed by atoms with Gasteiger partial charge in [-0.15, -0.1) is 0 Å². The molecule has 12 N–H and O–H groups in total. The fraction of sp³-hybridized carbons (Fsp3) is 0.900. The van der Waals surface area contributed by atoms with E-state index < -0.39 is 145 Å². The molecule has 0 bridgehead atoms. The van der Waals surface area contributed by atoms with Gasteiger partial charge in [0.2, 0.25) is 0 Å². The molecule has 3 fully saturated rings. The smallest absolute Gasteiger partial charge is 0.408 e. The van der Waals surface area contributed by atoms with Crippen LogP contribution >= 0.6 is 0 Å². The molecule has 1 aliphatic carbocycles. The summed E-state index contributed by atoms with van der Waals surface area (Å²) in [6.45, 7) is 22.5. The number of nitrogens with one attached hydrogen (secondary N) is 4. The monoisotopic (exact) mass is 914 g/mol. The Morgan fingerprint density at radius 2 is 0.905 bits per heavy atom. The third-order valence-electron chi connectivity index (χ3n) is 9.10. The zero-order valence-electron chi connectivity index (χ0n) is 38.9. The highest BCUT2D eigenvalue weighted by molar-refractivity contribution is 5.70. The number of aliphatic hydroxyl groups excluding tert-OH is 6. The lowest BCUT2D eigenvalue weighted by atomic mass is 9.83. The summed E-state index contributed by atoms with van der Waals surface area (Å²) in [5, 5.41) is 77.5. The Bertz CT molecular complexity index is 1480. The van der Waals surface area contributed by atoms with Crippen LogP contribution in [-0.2, 0) is 37.9 Å². The van der Waals surface area contributed by atoms with E-state index in [1.54, 1.807) is 83.1 Å². The fourth-order valence-corrected chi connectivity index (χ4v) is 6.62. The summed E-state index contributed by atoms with van der Waals surface area (Å²) in [7, 11) is 0. The number of carbonyl (C=O) groups excluding carboxylic acids is 4. The van der Waals surface area contributed by atoms with Crippen molar-refractivity contribution in [1.29, 1.82) is 0 Å². The van der Waals surface area contributed by atoms with Gasteiger partial charge < -0.3 is 95.5 Å². The number of nitrogens with two attached hydrogens (primary N) is 1. The minimum absolute atomic E-state index is 0.338. The van der Waals surface area contributed by atoms with Crippen LogP contribution in [0.25, 0.3) is 0 Å². The molecule has 15 atom stereocenters. The maximum Gasteiger partial charge on any atom is 0.408 e. The van der Waals surface area contributed by atoms with Gasteiger partial charge in [0.1, 0.15) is 83.4 Å². The van der Waals surface area contributed by atoms with Gasteiger partial charge in [-0.25, -0.2) is 19.2 Å². The Kier molecular flexibility index (Phi) is 20.1. The second-order valence-corrected chi connectivity index (χ2v) is 19.3. The Hall–Kier alpha value is -3.36. The lowest BCUT2D eigenvalue weighted by Crippen LogP contribution is -2.70. The highest BCUT2D eigenvalue weighted by Crippen LogP contribution is 2.33. The maximum absolute atomic E-state index is 13.3. The predicted octanol–water partition coefficient (Wildman–Crippen LogP) is -0.0348. The van der Waals surface area contributed by atoms with Crippen molar-refractivity contribution < 1.29 is 87.7 Å². The van der Waals surface area contributed by atoms with Crippen molar-refractivity contribution in [3.05, 3.63) is 0 Å². The summed E-state index contributed by atoms with van der Waals surface area (Å²) in [5.74, 6) is 0. The third-order valence-corrected chi connectivity index (χ3v) is 9.10. The number of ether oxygens (including phenoxy) is 8. The molecular weight excluding hydrogens is 838 g/mol. The van der Waals surface area contributed by atoms with Crippen LogP contribution in [-0.4, -0.2) is 182 Å². The number of amides is 4. The van der Waals surface area contributed by atoms with Gasteiger partial charge in [0, 0.05) is 13.1 Å². The van der Waals surface area contributed by atoms with E-state index in [0.717, 1.165) is 0 Å². The first-order valence-corrected chi connectivity index (χ1v) is 21.1. The first-order valence-electron chi connectivity index (χ1n) is 21.1. The third kappa shape index (κ3) is 17.5. The van der Waals surface area contributed by atoms with Crippen molar-refractivity contribution in [2.45, 2.75) is 218 Å². The molecule has 4 amide bonds. The highest BCUT2D eigenvalue weighted by Gasteiger charge is 2.54. The van der Waals surface area contributed by atoms with Crippen LogP contribution in [0.15, 0.2) is 0 Å². The Morgan fingerprint density at radius 3 is 1.32 bits per heavy atom. The van der Waals surface area contributed by atoms with Gasteiger partial charge in [0.05, 0.1) is 18.1 Å². The molecule has 23 heteroatoms. The summed E-state index contributed by atoms with van der Waals surface area (Å²) in [4.78, 5) is 51.7. The van der Waals surface area contributed by atoms with E-state index in [2.05, 4.69) is 21.3 Å². The largest absolute Gasteiger partial charge is 0.444 e. The summed E-state index contributed by atoms with van der Waals surface area (Å²) < 4.78 is 45.4. The number of carbonyl (C=O) groups is 4. The molecule has 15 unspecified atom stereocenters. The number of alkyl carbamates (subject to hydrolysis) is 4. The van der Waals surface area contributed by atoms with Gasteiger partial charge in [-0.3, -0.25) is 0 Å². The molecule has 3 rings (SSSR count). The zero-order valence-corrected chi connectivity index (χ0v) is 38.9. The molecule has 63 heavy (non-hydrogen) atoms. The van der Waals surface area contributed by atoms with E-state index in [4.69, 9.17) is 43.6 Å². The lowest BCUT2D eigenvalue weighted by Gasteiger charge is -2.49. The standard InChI is InChI=1S/C38H69N5O18.C2H6/c1-35(2,3)58-31(50)40-15-19-22(45)24(47)25(48)30(55-19)57-28-17(42-33(52)60-37(7,8)9)13-16(41-32(51)59-36(4,5)6)27(26(28)49)56-29-23(46)20(21(44)18(14-39)54-29)43-34(53)61-38(10,11)12;1-2/h16-30,44-49H,13-15,39H2,1-12H3,(H,40,50)(H,41,51)(H,42,52)(H,43,53);1-2H3. The second-order valence-electron chi connectivity index (χ2n) is 19.3. The molecule has 2 saturated heterocycles. The first-order chi connectivity index (χ1) is 28.8. The Labute approximate surface area is 369 Å². The minimum Gasteiger partial charge on any atom is -0.444 e. The average molecular weight is 914 g/mol. The molecule has 0 aromatic carbocycles. The van der Waals surface area contributed by atoms with E-state index in [1.165, 1.54) is 0 Å². The highest BCUT2D eigenvalue weighted by atomic mass is 16.7. The first kappa shape index (κ1) is 55.8. The summed E-state index contributed by atoms with van der Waals surface area (Å²) in [6.07, 6.45) is -24.9. The van der Waals surface area contributed by atoms with Crippen LogP contribution < -0.4 is 27.0 Å². The molecule has 2 aliphatic heterocycles. The molecule has 0 spiro atoms. The van der Waals surface area contributed by atoms with Gasteiger partial charge in [-0.2, -0.15) is 0 Å². The molecular formula is C40H75N5O18. The summed E-state index contributed by atoms with van der Waals surface area (Å²) >= 11 is 0. The van der Waals surface area contributed by atoms with Gasteiger partial charge >= 0.3 is 24.4 Å². The molecule has 0 radical (unpaired) electrons. The van der Waals surface area contributed by atoms with Crippen LogP contribution in [0.4, 0.5) is 19.2 Å². The Balaban J connectivity index is 0.00000672. The zero-order chi connectivity index (χ0) is 48.6. The van der Waals surface area contributed by atoms with Crippen LogP contribution in [0.1, 0.15) is 103 Å². The van der Waals surface area contributed by atoms with Crippen LogP contribution in [0.3, 0.4) is 0 Å². The van der Waals surface area contributed by atoms with Crippen molar-refractivity contribution >= 4 is 24.4 Å². The molecule has 368 valence electrons. The minimum atomic E-state index is -1.98. The summed E-state index contributed by atoms with van der Waals surface area (Å²) in [5.41, 5.74) is 2.04. The van der Waals surface area contributed by atoms with Gasteiger partial charge in [-0.05, 0) is 89.5 Å². The van der Waals surface area contributed by atoms with E-state index in [1.807, 2.05) is 13.8 Å². The normalized spacial score (nSPS) is 34.0. The number of rotatable bonds is 10. The topological polar surface area (TPSA) is 338 Å². The molecule has 3 aliphatic rings. The van der Waals surface area contributed by atoms with E-state index in [0.29, 0.717) is 0 Å². The Morgan fingerprint density at radius 1 is 0.524 bits per heavy atom. The SMILES string of the molecule is CC.CC(C)(C)OC(=O)NCC1OC(OC2C(NC(=O)OC(C)(C)C)CC(NC(=O)OC(C)(C)C)C(OC3OC(CN)C(O)C(NC(=O)OC(C)(C)C)C3O)C2O)C(O)C(O)C1O. The van der Waals surface area contributed by atoms with Crippen LogP contribution in [0.2, 0.25) is 0 Å². The van der Waals surface area contributed by atoms with Crippen molar-refractivity contribution in [2.75, 3.05) is 13.1 Å². The van der Waals surface area contributed by atoms with Crippen LogP contribution in [0, 0.1) is 0 Å². The lowest BCUT2D eigenvalue weighted by molar-refractivity contribution is -0.332. The second kappa shape index (κ2) is 22.7. The van der Waals surface area contributed by atoms with Crippen LogP contribution in [0.5, 0.6) is 0 Å². The maximum atomic E-state index is 13.3. The van der Waals surface area contributed by atoms with Gasteiger partial charge in [0.25, 0.3) is 0 Å². The molecule has 1 saturated carbocycles. The fourth-order valence-electron chi connectivity index (χ4n) is 6.62. The number of aliphatic hydroxyl groups is 6. The molecule has 2 heterocycles. The number of hydrogen-bond acceptors (Lipinski definition) is 19. The predicted molar refractivity (Wildman–Crippen MR) is 222 cm³/mol. The van der Waals surface area contributed by atoms with E-state index >= 15 is 0 Å². The van der Waals surface area contributed by atoms with Gasteiger partial charge in [-0.1, -0.05) is 13.8 Å². The molecule has 0 aromatic heterocycles.